The number of hydrogen-bond donors (Lipinski definition) is 2. The minimum Gasteiger partial charge on any atom is -0.467 e. The average Bonchev–Trinajstić information content (AvgIpc) is 2.42. The Morgan fingerprint density at radius 2 is 2.10 bits per heavy atom. The molecular weight excluding hydrogens is 279 g/mol. The van der Waals surface area contributed by atoms with E-state index in [0.717, 1.165) is 13.3 Å². The highest BCUT2D eigenvalue weighted by molar-refractivity contribution is 5.74. The minimum absolute atomic E-state index is 0.115. The molecule has 2 atom stereocenters. The quantitative estimate of drug-likeness (QED) is 0.777. The van der Waals surface area contributed by atoms with Gasteiger partial charge in [0, 0.05) is 12.6 Å². The number of aliphatic hydroxyl groups is 1. The van der Waals surface area contributed by atoms with Gasteiger partial charge in [0.05, 0.1) is 25.2 Å². The van der Waals surface area contributed by atoms with E-state index in [9.17, 15) is 23.1 Å². The third kappa shape index (κ3) is 4.42. The second kappa shape index (κ2) is 6.62. The van der Waals surface area contributed by atoms with Crippen molar-refractivity contribution >= 4 is 5.97 Å². The van der Waals surface area contributed by atoms with Crippen molar-refractivity contribution in [2.24, 2.45) is 0 Å². The summed E-state index contributed by atoms with van der Waals surface area (Å²) < 4.78 is 41.2. The predicted octanol–water partition coefficient (Wildman–Crippen LogP) is 0.680. The van der Waals surface area contributed by atoms with Crippen LogP contribution in [-0.4, -0.2) is 40.8 Å². The van der Waals surface area contributed by atoms with Crippen molar-refractivity contribution in [2.75, 3.05) is 13.7 Å². The van der Waals surface area contributed by atoms with Gasteiger partial charge in [-0.3, -0.25) is 4.98 Å². The highest BCUT2D eigenvalue weighted by Crippen LogP contribution is 2.26. The first-order valence-corrected chi connectivity index (χ1v) is 5.64. The van der Waals surface area contributed by atoms with Crippen molar-refractivity contribution in [1.29, 1.82) is 0 Å². The fourth-order valence-electron chi connectivity index (χ4n) is 1.32. The number of methoxy groups -OCH3 is 1. The maximum atomic E-state index is 12.3. The SMILES string of the molecule is COC(=O)C(O)CNC(C)c1cnc(C(F)(F)F)cn1. The molecule has 0 saturated heterocycles. The zero-order chi connectivity index (χ0) is 15.3. The summed E-state index contributed by atoms with van der Waals surface area (Å²) in [7, 11) is 1.14. The number of ether oxygens (including phenoxy) is 1. The van der Waals surface area contributed by atoms with E-state index in [-0.39, 0.29) is 12.2 Å². The lowest BCUT2D eigenvalue weighted by Gasteiger charge is -2.15. The van der Waals surface area contributed by atoms with E-state index in [1.807, 2.05) is 0 Å². The molecular formula is C11H14F3N3O3. The first-order valence-electron chi connectivity index (χ1n) is 5.64. The molecule has 0 spiro atoms. The Kier molecular flexibility index (Phi) is 5.40. The maximum absolute atomic E-state index is 12.3. The van der Waals surface area contributed by atoms with Crippen LogP contribution in [0.15, 0.2) is 12.4 Å². The predicted molar refractivity (Wildman–Crippen MR) is 61.5 cm³/mol. The highest BCUT2D eigenvalue weighted by Gasteiger charge is 2.32. The lowest BCUT2D eigenvalue weighted by Crippen LogP contribution is -2.35. The number of aliphatic hydroxyl groups excluding tert-OH is 1. The fraction of sp³-hybridized carbons (Fsp3) is 0.545. The van der Waals surface area contributed by atoms with Crippen LogP contribution in [0.1, 0.15) is 24.4 Å². The van der Waals surface area contributed by atoms with Gasteiger partial charge >= 0.3 is 12.1 Å². The molecule has 0 fully saturated rings. The van der Waals surface area contributed by atoms with Crippen molar-refractivity contribution in [3.05, 3.63) is 23.8 Å². The average molecular weight is 293 g/mol. The number of rotatable bonds is 5. The van der Waals surface area contributed by atoms with Crippen LogP contribution in [0, 0.1) is 0 Å². The van der Waals surface area contributed by atoms with Gasteiger partial charge < -0.3 is 15.2 Å². The molecule has 1 heterocycles. The number of carbonyl (C=O) groups excluding carboxylic acids is 1. The summed E-state index contributed by atoms with van der Waals surface area (Å²) >= 11 is 0. The van der Waals surface area contributed by atoms with Gasteiger partial charge in [0.25, 0.3) is 0 Å². The Bertz CT molecular complexity index is 450. The number of halogens is 3. The molecule has 112 valence electrons. The lowest BCUT2D eigenvalue weighted by atomic mass is 10.2. The van der Waals surface area contributed by atoms with Crippen LogP contribution in [-0.2, 0) is 15.7 Å². The van der Waals surface area contributed by atoms with Crippen LogP contribution in [0.3, 0.4) is 0 Å². The molecule has 2 unspecified atom stereocenters. The van der Waals surface area contributed by atoms with Gasteiger partial charge in [-0.05, 0) is 6.92 Å². The summed E-state index contributed by atoms with van der Waals surface area (Å²) in [6.07, 6.45) is -4.27. The molecule has 0 saturated carbocycles. The van der Waals surface area contributed by atoms with Gasteiger partial charge in [0.15, 0.2) is 11.8 Å². The van der Waals surface area contributed by atoms with Crippen LogP contribution in [0.25, 0.3) is 0 Å². The van der Waals surface area contributed by atoms with Crippen LogP contribution in [0.5, 0.6) is 0 Å². The Hall–Kier alpha value is -1.74. The van der Waals surface area contributed by atoms with Crippen molar-refractivity contribution in [3.63, 3.8) is 0 Å². The van der Waals surface area contributed by atoms with E-state index in [1.54, 1.807) is 6.92 Å². The van der Waals surface area contributed by atoms with Crippen LogP contribution in [0.4, 0.5) is 13.2 Å². The normalized spacial score (nSPS) is 14.7. The number of hydrogen-bond acceptors (Lipinski definition) is 6. The summed E-state index contributed by atoms with van der Waals surface area (Å²) in [5.41, 5.74) is -0.821. The number of nitrogens with one attached hydrogen (secondary N) is 1. The molecule has 0 bridgehead atoms. The van der Waals surface area contributed by atoms with Crippen molar-refractivity contribution in [2.45, 2.75) is 25.2 Å². The molecule has 1 aromatic rings. The third-order valence-electron chi connectivity index (χ3n) is 2.50. The molecule has 0 aliphatic heterocycles. The molecule has 0 radical (unpaired) electrons. The Morgan fingerprint density at radius 3 is 2.55 bits per heavy atom. The number of carbonyl (C=O) groups is 1. The zero-order valence-electron chi connectivity index (χ0n) is 10.8. The van der Waals surface area contributed by atoms with Crippen molar-refractivity contribution < 1.29 is 27.8 Å². The number of esters is 1. The first kappa shape index (κ1) is 16.3. The first-order chi connectivity index (χ1) is 9.25. The molecule has 20 heavy (non-hydrogen) atoms. The smallest absolute Gasteiger partial charge is 0.434 e. The van der Waals surface area contributed by atoms with Crippen molar-refractivity contribution in [3.8, 4) is 0 Å². The summed E-state index contributed by atoms with van der Waals surface area (Å²) in [4.78, 5) is 17.9. The minimum atomic E-state index is -4.54. The van der Waals surface area contributed by atoms with Crippen molar-refractivity contribution in [1.82, 2.24) is 15.3 Å². The standard InChI is InChI=1S/C11H14F3N3O3/c1-6(15-4-8(18)10(19)20-2)7-3-17-9(5-16-7)11(12,13)14/h3,5-6,8,15,18H,4H2,1-2H3. The van der Waals surface area contributed by atoms with Gasteiger partial charge in [-0.15, -0.1) is 0 Å². The fourth-order valence-corrected chi connectivity index (χ4v) is 1.32. The topological polar surface area (TPSA) is 84.3 Å². The molecule has 0 aliphatic carbocycles. The van der Waals surface area contributed by atoms with E-state index >= 15 is 0 Å². The number of aromatic nitrogens is 2. The number of nitrogens with zero attached hydrogens (tertiary/aromatic N) is 2. The molecule has 1 rings (SSSR count). The summed E-state index contributed by atoms with van der Waals surface area (Å²) in [6.45, 7) is 1.50. The molecule has 9 heteroatoms. The summed E-state index contributed by atoms with van der Waals surface area (Å²) in [5, 5.41) is 12.1. The van der Waals surface area contributed by atoms with E-state index in [2.05, 4.69) is 20.0 Å². The molecule has 0 amide bonds. The molecule has 1 aromatic heterocycles. The Balaban J connectivity index is 2.60. The largest absolute Gasteiger partial charge is 0.467 e. The van der Waals surface area contributed by atoms with Crippen LogP contribution in [0.2, 0.25) is 0 Å². The zero-order valence-corrected chi connectivity index (χ0v) is 10.8. The number of alkyl halides is 3. The van der Waals surface area contributed by atoms with Gasteiger partial charge in [-0.2, -0.15) is 13.2 Å². The molecule has 0 aliphatic rings. The summed E-state index contributed by atoms with van der Waals surface area (Å²) in [5.74, 6) is -0.803. The van der Waals surface area contributed by atoms with Crippen LogP contribution < -0.4 is 5.32 Å². The van der Waals surface area contributed by atoms with E-state index < -0.39 is 30.0 Å². The third-order valence-corrected chi connectivity index (χ3v) is 2.50. The van der Waals surface area contributed by atoms with E-state index in [1.165, 1.54) is 0 Å². The Morgan fingerprint density at radius 1 is 1.45 bits per heavy atom. The van der Waals surface area contributed by atoms with Crippen LogP contribution >= 0.6 is 0 Å². The molecule has 0 aromatic carbocycles. The van der Waals surface area contributed by atoms with Gasteiger partial charge in [0.1, 0.15) is 0 Å². The van der Waals surface area contributed by atoms with E-state index in [4.69, 9.17) is 0 Å². The molecule has 2 N–H and O–H groups in total. The van der Waals surface area contributed by atoms with Gasteiger partial charge in [0.2, 0.25) is 0 Å². The Labute approximate surface area is 113 Å². The van der Waals surface area contributed by atoms with Gasteiger partial charge in [-0.25, -0.2) is 9.78 Å². The second-order valence-electron chi connectivity index (χ2n) is 3.99. The van der Waals surface area contributed by atoms with E-state index in [0.29, 0.717) is 6.20 Å². The second-order valence-corrected chi connectivity index (χ2v) is 3.99. The lowest BCUT2D eigenvalue weighted by molar-refractivity contribution is -0.150. The summed E-state index contributed by atoms with van der Waals surface area (Å²) in [6, 6.07) is -0.482. The molecule has 6 nitrogen and oxygen atoms in total. The monoisotopic (exact) mass is 293 g/mol. The van der Waals surface area contributed by atoms with Gasteiger partial charge in [-0.1, -0.05) is 0 Å². The highest BCUT2D eigenvalue weighted by atomic mass is 19.4. The maximum Gasteiger partial charge on any atom is 0.434 e.